The lowest BCUT2D eigenvalue weighted by atomic mass is 9.96. The molecule has 0 saturated heterocycles. The zero-order valence-electron chi connectivity index (χ0n) is 15.8. The van der Waals surface area contributed by atoms with E-state index in [1.807, 2.05) is 12.1 Å². The van der Waals surface area contributed by atoms with Gasteiger partial charge in [-0.15, -0.1) is 0 Å². The van der Waals surface area contributed by atoms with Crippen molar-refractivity contribution in [3.63, 3.8) is 0 Å². The van der Waals surface area contributed by atoms with Crippen LogP contribution in [0, 0.1) is 0 Å². The minimum Gasteiger partial charge on any atom is -0.457 e. The minimum absolute atomic E-state index is 0.0669. The van der Waals surface area contributed by atoms with Crippen LogP contribution in [0.1, 0.15) is 48.1 Å². The number of aliphatic hydroxyl groups is 1. The number of aliphatic hydroxyl groups excluding tert-OH is 1. The largest absolute Gasteiger partial charge is 0.457 e. The number of carbonyl (C=O) groups excluding carboxylic acids is 1. The van der Waals surface area contributed by atoms with E-state index < -0.39 is 0 Å². The average Bonchev–Trinajstić information content (AvgIpc) is 2.65. The predicted octanol–water partition coefficient (Wildman–Crippen LogP) is 4.54. The Morgan fingerprint density at radius 1 is 0.962 bits per heavy atom. The van der Waals surface area contributed by atoms with E-state index in [-0.39, 0.29) is 19.2 Å². The quantitative estimate of drug-likeness (QED) is 0.532. The molecule has 0 fully saturated rings. The van der Waals surface area contributed by atoms with Gasteiger partial charge in [-0.25, -0.2) is 4.79 Å². The lowest BCUT2D eigenvalue weighted by Gasteiger charge is -2.13. The van der Waals surface area contributed by atoms with Crippen LogP contribution in [0.5, 0.6) is 0 Å². The number of carbonyl (C=O) groups is 1. The number of hydrogen-bond donors (Lipinski definition) is 1. The zero-order valence-corrected chi connectivity index (χ0v) is 15.8. The van der Waals surface area contributed by atoms with Gasteiger partial charge in [0.2, 0.25) is 0 Å². The Morgan fingerprint density at radius 2 is 1.62 bits per heavy atom. The standard InChI is InChI=1S/C23H28O3/c1-4-5-19-11-13-21(22(14-19)16-26-23(25)17(2)3)12-10-18-6-8-20(15-24)9-7-18/h6-9,11,13-14,24H,2,4-5,10,12,15-16H2,1,3H3. The molecule has 0 heterocycles. The number of esters is 1. The van der Waals surface area contributed by atoms with Crippen molar-refractivity contribution >= 4 is 5.97 Å². The van der Waals surface area contributed by atoms with Crippen LogP contribution in [-0.2, 0) is 42.0 Å². The highest BCUT2D eigenvalue weighted by Crippen LogP contribution is 2.18. The Hall–Kier alpha value is -2.39. The van der Waals surface area contributed by atoms with Crippen molar-refractivity contribution in [3.8, 4) is 0 Å². The summed E-state index contributed by atoms with van der Waals surface area (Å²) in [5.74, 6) is -0.351. The Kier molecular flexibility index (Phi) is 7.61. The SMILES string of the molecule is C=C(C)C(=O)OCc1cc(CCC)ccc1CCc1ccc(CO)cc1. The second-order valence-corrected chi connectivity index (χ2v) is 6.68. The van der Waals surface area contributed by atoms with Gasteiger partial charge in [-0.1, -0.05) is 62.4 Å². The Labute approximate surface area is 156 Å². The highest BCUT2D eigenvalue weighted by Gasteiger charge is 2.09. The van der Waals surface area contributed by atoms with Gasteiger partial charge < -0.3 is 9.84 Å². The summed E-state index contributed by atoms with van der Waals surface area (Å²) in [5.41, 5.74) is 6.10. The van der Waals surface area contributed by atoms with E-state index in [1.165, 1.54) is 16.7 Å². The smallest absolute Gasteiger partial charge is 0.333 e. The van der Waals surface area contributed by atoms with Crippen molar-refractivity contribution in [1.29, 1.82) is 0 Å². The Balaban J connectivity index is 2.11. The maximum atomic E-state index is 11.7. The molecular weight excluding hydrogens is 324 g/mol. The van der Waals surface area contributed by atoms with E-state index in [2.05, 4.69) is 43.8 Å². The summed E-state index contributed by atoms with van der Waals surface area (Å²) in [6.45, 7) is 7.80. The fourth-order valence-electron chi connectivity index (χ4n) is 2.86. The lowest BCUT2D eigenvalue weighted by molar-refractivity contribution is -0.140. The molecule has 0 bridgehead atoms. The molecule has 3 nitrogen and oxygen atoms in total. The second-order valence-electron chi connectivity index (χ2n) is 6.68. The van der Waals surface area contributed by atoms with Crippen LogP contribution < -0.4 is 0 Å². The summed E-state index contributed by atoms with van der Waals surface area (Å²) in [7, 11) is 0. The number of benzene rings is 2. The molecule has 0 saturated carbocycles. The topological polar surface area (TPSA) is 46.5 Å². The maximum absolute atomic E-state index is 11.7. The molecular formula is C23H28O3. The van der Waals surface area contributed by atoms with E-state index in [0.29, 0.717) is 5.57 Å². The molecule has 3 heteroatoms. The molecule has 0 aliphatic carbocycles. The molecule has 0 unspecified atom stereocenters. The number of aryl methyl sites for hydroxylation is 3. The molecule has 2 rings (SSSR count). The molecule has 0 spiro atoms. The van der Waals surface area contributed by atoms with Crippen LogP contribution in [0.4, 0.5) is 0 Å². The summed E-state index contributed by atoms with van der Waals surface area (Å²) in [6, 6.07) is 14.5. The summed E-state index contributed by atoms with van der Waals surface area (Å²) in [5, 5.41) is 9.14. The molecule has 138 valence electrons. The molecule has 0 aromatic heterocycles. The molecule has 26 heavy (non-hydrogen) atoms. The van der Waals surface area contributed by atoms with Crippen LogP contribution >= 0.6 is 0 Å². The number of rotatable bonds is 9. The first-order valence-electron chi connectivity index (χ1n) is 9.15. The van der Waals surface area contributed by atoms with Gasteiger partial charge in [-0.2, -0.15) is 0 Å². The predicted molar refractivity (Wildman–Crippen MR) is 105 cm³/mol. The maximum Gasteiger partial charge on any atom is 0.333 e. The summed E-state index contributed by atoms with van der Waals surface area (Å²) < 4.78 is 5.38. The van der Waals surface area contributed by atoms with Gasteiger partial charge in [0.1, 0.15) is 6.61 Å². The van der Waals surface area contributed by atoms with Crippen molar-refractivity contribution < 1.29 is 14.6 Å². The van der Waals surface area contributed by atoms with E-state index >= 15 is 0 Å². The molecule has 0 atom stereocenters. The van der Waals surface area contributed by atoms with Crippen molar-refractivity contribution in [2.24, 2.45) is 0 Å². The Morgan fingerprint density at radius 3 is 2.23 bits per heavy atom. The van der Waals surface area contributed by atoms with Crippen molar-refractivity contribution in [2.75, 3.05) is 0 Å². The average molecular weight is 352 g/mol. The highest BCUT2D eigenvalue weighted by atomic mass is 16.5. The van der Waals surface area contributed by atoms with Gasteiger partial charge >= 0.3 is 5.97 Å². The molecule has 0 aliphatic rings. The summed E-state index contributed by atoms with van der Waals surface area (Å²) in [6.07, 6.45) is 3.89. The van der Waals surface area contributed by atoms with Gasteiger partial charge in [0.15, 0.2) is 0 Å². The third-order valence-corrected chi connectivity index (χ3v) is 4.41. The third kappa shape index (κ3) is 5.85. The summed E-state index contributed by atoms with van der Waals surface area (Å²) in [4.78, 5) is 11.7. The normalized spacial score (nSPS) is 10.6. The minimum atomic E-state index is -0.351. The van der Waals surface area contributed by atoms with Crippen LogP contribution in [0.25, 0.3) is 0 Å². The zero-order chi connectivity index (χ0) is 18.9. The molecule has 0 aliphatic heterocycles. The monoisotopic (exact) mass is 352 g/mol. The van der Waals surface area contributed by atoms with Gasteiger partial charge in [-0.05, 0) is 54.0 Å². The fourth-order valence-corrected chi connectivity index (χ4v) is 2.86. The first kappa shape index (κ1) is 19.9. The van der Waals surface area contributed by atoms with Gasteiger partial charge in [0.25, 0.3) is 0 Å². The van der Waals surface area contributed by atoms with Crippen molar-refractivity contribution in [3.05, 3.63) is 82.4 Å². The van der Waals surface area contributed by atoms with Gasteiger partial charge in [0, 0.05) is 5.57 Å². The first-order valence-corrected chi connectivity index (χ1v) is 9.15. The van der Waals surface area contributed by atoms with Crippen LogP contribution in [0.2, 0.25) is 0 Å². The molecule has 0 amide bonds. The number of hydrogen-bond acceptors (Lipinski definition) is 3. The van der Waals surface area contributed by atoms with Crippen molar-refractivity contribution in [1.82, 2.24) is 0 Å². The van der Waals surface area contributed by atoms with Crippen LogP contribution in [-0.4, -0.2) is 11.1 Å². The van der Waals surface area contributed by atoms with Gasteiger partial charge in [-0.3, -0.25) is 0 Å². The second kappa shape index (κ2) is 9.93. The van der Waals surface area contributed by atoms with Crippen LogP contribution in [0.3, 0.4) is 0 Å². The van der Waals surface area contributed by atoms with E-state index in [4.69, 9.17) is 9.84 Å². The van der Waals surface area contributed by atoms with Gasteiger partial charge in [0.05, 0.1) is 6.61 Å². The van der Waals surface area contributed by atoms with Crippen molar-refractivity contribution in [2.45, 2.75) is 52.7 Å². The van der Waals surface area contributed by atoms with E-state index in [9.17, 15) is 4.79 Å². The molecule has 1 N–H and O–H groups in total. The molecule has 2 aromatic carbocycles. The van der Waals surface area contributed by atoms with Crippen LogP contribution in [0.15, 0.2) is 54.6 Å². The summed E-state index contributed by atoms with van der Waals surface area (Å²) >= 11 is 0. The molecule has 0 radical (unpaired) electrons. The number of ether oxygens (including phenoxy) is 1. The molecule has 2 aromatic rings. The Bertz CT molecular complexity index is 745. The highest BCUT2D eigenvalue weighted by molar-refractivity contribution is 5.86. The third-order valence-electron chi connectivity index (χ3n) is 4.41. The van der Waals surface area contributed by atoms with E-state index in [0.717, 1.165) is 36.8 Å². The lowest BCUT2D eigenvalue weighted by Crippen LogP contribution is -2.07. The fraction of sp³-hybridized carbons (Fsp3) is 0.348. The van der Waals surface area contributed by atoms with E-state index in [1.54, 1.807) is 6.92 Å². The first-order chi connectivity index (χ1) is 12.5.